The van der Waals surface area contributed by atoms with E-state index in [2.05, 4.69) is 10.6 Å². The number of amides is 2. The average molecular weight is 326 g/mol. The number of nitrogens with one attached hydrogen (secondary N) is 2. The van der Waals surface area contributed by atoms with E-state index < -0.39 is 0 Å². The zero-order chi connectivity index (χ0) is 15.2. The Balaban J connectivity index is 1.94. The van der Waals surface area contributed by atoms with Crippen molar-refractivity contribution in [2.45, 2.75) is 38.1 Å². The molecule has 1 fully saturated rings. The molecule has 0 heterocycles. The Morgan fingerprint density at radius 1 is 1.24 bits per heavy atom. The molecule has 0 spiro atoms. The minimum atomic E-state index is -0.291. The maximum absolute atomic E-state index is 12.1. The summed E-state index contributed by atoms with van der Waals surface area (Å²) >= 11 is 10.9. The first-order chi connectivity index (χ1) is 10.1. The van der Waals surface area contributed by atoms with E-state index in [-0.39, 0.29) is 12.1 Å². The molecule has 114 valence electrons. The Bertz CT molecular complexity index is 500. The summed E-state index contributed by atoms with van der Waals surface area (Å²) in [5, 5.41) is 6.30. The Kier molecular flexibility index (Phi) is 5.82. The predicted molar refractivity (Wildman–Crippen MR) is 90.8 cm³/mol. The van der Waals surface area contributed by atoms with E-state index in [1.165, 1.54) is 19.3 Å². The van der Waals surface area contributed by atoms with Gasteiger partial charge >= 0.3 is 6.03 Å². The summed E-state index contributed by atoms with van der Waals surface area (Å²) in [4.78, 5) is 12.4. The van der Waals surface area contributed by atoms with Crippen molar-refractivity contribution in [1.29, 1.82) is 0 Å². The second kappa shape index (κ2) is 7.61. The standard InChI is InChI=1S/C15H20ClN3OS/c16-11-6-8-12(9-7-11)18-15(20)19-13(14(17)21)10-4-2-1-3-5-10/h6-10,13H,1-5H2,(H2,17,21)(H2,18,19,20). The van der Waals surface area contributed by atoms with Crippen LogP contribution < -0.4 is 16.4 Å². The number of thiocarbonyl (C=S) groups is 1. The molecule has 4 N–H and O–H groups in total. The van der Waals surface area contributed by atoms with E-state index in [0.29, 0.717) is 21.6 Å². The summed E-state index contributed by atoms with van der Waals surface area (Å²) in [6, 6.07) is 6.41. The van der Waals surface area contributed by atoms with Gasteiger partial charge in [0.15, 0.2) is 0 Å². The van der Waals surface area contributed by atoms with Gasteiger partial charge in [-0.2, -0.15) is 0 Å². The maximum atomic E-state index is 12.1. The van der Waals surface area contributed by atoms with Crippen molar-refractivity contribution in [3.05, 3.63) is 29.3 Å². The van der Waals surface area contributed by atoms with Crippen molar-refractivity contribution in [2.24, 2.45) is 11.7 Å². The first kappa shape index (κ1) is 16.0. The molecule has 1 atom stereocenters. The number of anilines is 1. The molecule has 1 aliphatic carbocycles. The van der Waals surface area contributed by atoms with E-state index in [4.69, 9.17) is 29.6 Å². The van der Waals surface area contributed by atoms with Gasteiger partial charge in [-0.1, -0.05) is 43.1 Å². The van der Waals surface area contributed by atoms with Crippen LogP contribution in [0.4, 0.5) is 10.5 Å². The zero-order valence-electron chi connectivity index (χ0n) is 11.8. The van der Waals surface area contributed by atoms with Crippen LogP contribution in [0.25, 0.3) is 0 Å². The zero-order valence-corrected chi connectivity index (χ0v) is 13.3. The van der Waals surface area contributed by atoms with Crippen LogP contribution in [0.1, 0.15) is 32.1 Å². The molecular weight excluding hydrogens is 306 g/mol. The molecule has 2 amide bonds. The molecule has 1 unspecified atom stereocenters. The number of hydrogen-bond acceptors (Lipinski definition) is 2. The van der Waals surface area contributed by atoms with Crippen LogP contribution in [-0.2, 0) is 0 Å². The third-order valence-electron chi connectivity index (χ3n) is 3.82. The summed E-state index contributed by atoms with van der Waals surface area (Å²) in [6.45, 7) is 0. The van der Waals surface area contributed by atoms with Gasteiger partial charge in [0.05, 0.1) is 11.0 Å². The molecule has 1 aromatic carbocycles. The fourth-order valence-electron chi connectivity index (χ4n) is 2.73. The largest absolute Gasteiger partial charge is 0.392 e. The van der Waals surface area contributed by atoms with Crippen molar-refractivity contribution in [3.63, 3.8) is 0 Å². The third-order valence-corrected chi connectivity index (χ3v) is 4.32. The minimum absolute atomic E-state index is 0.243. The molecule has 1 saturated carbocycles. The highest BCUT2D eigenvalue weighted by Gasteiger charge is 2.27. The lowest BCUT2D eigenvalue weighted by Gasteiger charge is -2.30. The lowest BCUT2D eigenvalue weighted by molar-refractivity contribution is 0.242. The van der Waals surface area contributed by atoms with Crippen LogP contribution >= 0.6 is 23.8 Å². The number of carbonyl (C=O) groups excluding carboxylic acids is 1. The molecular formula is C15H20ClN3OS. The van der Waals surface area contributed by atoms with Crippen LogP contribution in [-0.4, -0.2) is 17.1 Å². The van der Waals surface area contributed by atoms with Gasteiger partial charge < -0.3 is 16.4 Å². The van der Waals surface area contributed by atoms with Gasteiger partial charge in [-0.3, -0.25) is 0 Å². The van der Waals surface area contributed by atoms with E-state index in [1.807, 2.05) is 0 Å². The molecule has 0 bridgehead atoms. The summed E-state index contributed by atoms with van der Waals surface area (Å²) in [5.74, 6) is 0.340. The van der Waals surface area contributed by atoms with E-state index >= 15 is 0 Å². The number of benzene rings is 1. The molecule has 1 aromatic rings. The Morgan fingerprint density at radius 3 is 2.43 bits per heavy atom. The second-order valence-electron chi connectivity index (χ2n) is 5.38. The fraction of sp³-hybridized carbons (Fsp3) is 0.467. The predicted octanol–water partition coefficient (Wildman–Crippen LogP) is 3.70. The minimum Gasteiger partial charge on any atom is -0.392 e. The van der Waals surface area contributed by atoms with Crippen molar-refractivity contribution in [3.8, 4) is 0 Å². The smallest absolute Gasteiger partial charge is 0.319 e. The highest BCUT2D eigenvalue weighted by molar-refractivity contribution is 7.80. The number of halogens is 1. The topological polar surface area (TPSA) is 67.1 Å². The highest BCUT2D eigenvalue weighted by atomic mass is 35.5. The van der Waals surface area contributed by atoms with Crippen molar-refractivity contribution in [1.82, 2.24) is 5.32 Å². The monoisotopic (exact) mass is 325 g/mol. The van der Waals surface area contributed by atoms with Gasteiger partial charge in [-0.05, 0) is 43.0 Å². The van der Waals surface area contributed by atoms with E-state index in [0.717, 1.165) is 12.8 Å². The van der Waals surface area contributed by atoms with Gasteiger partial charge in [0, 0.05) is 10.7 Å². The van der Waals surface area contributed by atoms with Crippen LogP contribution in [0.3, 0.4) is 0 Å². The fourth-order valence-corrected chi connectivity index (χ4v) is 3.11. The van der Waals surface area contributed by atoms with E-state index in [1.54, 1.807) is 24.3 Å². The SMILES string of the molecule is NC(=S)C(NC(=O)Nc1ccc(Cl)cc1)C1CCCCC1. The Labute approximate surface area is 135 Å². The highest BCUT2D eigenvalue weighted by Crippen LogP contribution is 2.26. The van der Waals surface area contributed by atoms with Crippen molar-refractivity contribution < 1.29 is 4.79 Å². The van der Waals surface area contributed by atoms with Gasteiger partial charge in [0.2, 0.25) is 0 Å². The Morgan fingerprint density at radius 2 is 1.86 bits per heavy atom. The lowest BCUT2D eigenvalue weighted by atomic mass is 9.84. The quantitative estimate of drug-likeness (QED) is 0.739. The van der Waals surface area contributed by atoms with Crippen LogP contribution in [0.5, 0.6) is 0 Å². The number of hydrogen-bond donors (Lipinski definition) is 3. The number of nitrogens with two attached hydrogens (primary N) is 1. The average Bonchev–Trinajstić information content (AvgIpc) is 2.48. The molecule has 6 heteroatoms. The molecule has 0 aromatic heterocycles. The van der Waals surface area contributed by atoms with Crippen LogP contribution in [0.15, 0.2) is 24.3 Å². The summed E-state index contributed by atoms with van der Waals surface area (Å²) in [6.07, 6.45) is 5.71. The molecule has 4 nitrogen and oxygen atoms in total. The van der Waals surface area contributed by atoms with Gasteiger partial charge in [-0.15, -0.1) is 0 Å². The number of rotatable bonds is 4. The van der Waals surface area contributed by atoms with E-state index in [9.17, 15) is 4.79 Å². The van der Waals surface area contributed by atoms with Gasteiger partial charge in [-0.25, -0.2) is 4.79 Å². The van der Waals surface area contributed by atoms with Crippen LogP contribution in [0, 0.1) is 5.92 Å². The normalized spacial score (nSPS) is 17.0. The molecule has 0 aliphatic heterocycles. The molecule has 0 radical (unpaired) electrons. The van der Waals surface area contributed by atoms with Gasteiger partial charge in [0.1, 0.15) is 0 Å². The molecule has 21 heavy (non-hydrogen) atoms. The van der Waals surface area contributed by atoms with Crippen LogP contribution in [0.2, 0.25) is 5.02 Å². The first-order valence-corrected chi connectivity index (χ1v) is 7.97. The number of urea groups is 1. The summed E-state index contributed by atoms with van der Waals surface area (Å²) in [7, 11) is 0. The third kappa shape index (κ3) is 4.86. The van der Waals surface area contributed by atoms with Crippen molar-refractivity contribution in [2.75, 3.05) is 5.32 Å². The lowest BCUT2D eigenvalue weighted by Crippen LogP contribution is -2.50. The van der Waals surface area contributed by atoms with Gasteiger partial charge in [0.25, 0.3) is 0 Å². The molecule has 2 rings (SSSR count). The second-order valence-corrected chi connectivity index (χ2v) is 6.29. The maximum Gasteiger partial charge on any atom is 0.319 e. The molecule has 0 saturated heterocycles. The molecule has 1 aliphatic rings. The summed E-state index contributed by atoms with van der Waals surface area (Å²) in [5.41, 5.74) is 6.48. The summed E-state index contributed by atoms with van der Waals surface area (Å²) < 4.78 is 0. The first-order valence-electron chi connectivity index (χ1n) is 7.18. The number of carbonyl (C=O) groups is 1. The van der Waals surface area contributed by atoms with Crippen molar-refractivity contribution >= 4 is 40.5 Å². The Hall–Kier alpha value is -1.33.